The summed E-state index contributed by atoms with van der Waals surface area (Å²) in [5, 5.41) is 0. The second-order valence-corrected chi connectivity index (χ2v) is 25.5. The minimum absolute atomic E-state index is 0.179. The second kappa shape index (κ2) is 25.1. The molecule has 0 saturated heterocycles. The molecule has 0 spiro atoms. The molecule has 4 aromatic heterocycles. The van der Waals surface area contributed by atoms with Crippen molar-refractivity contribution < 1.29 is 47.5 Å². The Morgan fingerprint density at radius 1 is 0.359 bits per heavy atom. The Hall–Kier alpha value is -9.82. The van der Waals surface area contributed by atoms with Gasteiger partial charge in [-0.1, -0.05) is 109 Å². The maximum atomic E-state index is 13.2. The topological polar surface area (TPSA) is 171 Å². The number of aromatic nitrogens is 4. The number of carbonyl (C=O) groups is 2. The van der Waals surface area contributed by atoms with Gasteiger partial charge in [0, 0.05) is 93.2 Å². The molecular formula is C78H80N4O10. The SMILES string of the molecule is CCOC(=O)COc1c2cccc1Cc1cccc3c1OCCOc1ccccc1C1(C)c4ccc([nH]4)C(C)(C)c4ccc([nH]4)C(C)(c4ccc([nH]4)C(C)(C)c4ccc1[nH]4)c1ccccc1OCCOc1c(cccc1Cc1cccc(c1OCC(=O)OCC)C3)C2. The van der Waals surface area contributed by atoms with Gasteiger partial charge in [0.2, 0.25) is 0 Å². The predicted molar refractivity (Wildman–Crippen MR) is 355 cm³/mol. The molecule has 472 valence electrons. The van der Waals surface area contributed by atoms with Crippen molar-refractivity contribution in [3.8, 4) is 34.5 Å². The van der Waals surface area contributed by atoms with E-state index < -0.39 is 33.6 Å². The number of rotatable bonds is 8. The molecule has 16 rings (SSSR count). The molecule has 0 fully saturated rings. The summed E-state index contributed by atoms with van der Waals surface area (Å²) in [6.45, 7) is 17.8. The van der Waals surface area contributed by atoms with Gasteiger partial charge >= 0.3 is 11.9 Å². The lowest BCUT2D eigenvalue weighted by atomic mass is 9.76. The predicted octanol–water partition coefficient (Wildman–Crippen LogP) is 14.5. The van der Waals surface area contributed by atoms with E-state index in [0.717, 1.165) is 101 Å². The lowest BCUT2D eigenvalue weighted by molar-refractivity contribution is -0.146. The zero-order valence-corrected chi connectivity index (χ0v) is 53.7. The number of nitrogens with one attached hydrogen (secondary N) is 4. The van der Waals surface area contributed by atoms with Gasteiger partial charge in [0.25, 0.3) is 0 Å². The molecule has 6 aliphatic rings. The van der Waals surface area contributed by atoms with E-state index in [0.29, 0.717) is 60.2 Å². The fourth-order valence-electron chi connectivity index (χ4n) is 13.9. The monoisotopic (exact) mass is 1230 g/mol. The first-order chi connectivity index (χ1) is 44.6. The van der Waals surface area contributed by atoms with E-state index in [1.54, 1.807) is 13.8 Å². The Bertz CT molecular complexity index is 3900. The van der Waals surface area contributed by atoms with Crippen molar-refractivity contribution in [1.29, 1.82) is 0 Å². The molecule has 4 N–H and O–H groups in total. The molecule has 6 aromatic carbocycles. The van der Waals surface area contributed by atoms with Crippen molar-refractivity contribution in [3.63, 3.8) is 0 Å². The molecule has 0 saturated carbocycles. The van der Waals surface area contributed by atoms with Crippen LogP contribution in [0.3, 0.4) is 0 Å². The van der Waals surface area contributed by atoms with Crippen LogP contribution in [0.25, 0.3) is 0 Å². The number of esters is 2. The van der Waals surface area contributed by atoms with Crippen molar-refractivity contribution in [2.45, 2.75) is 103 Å². The van der Waals surface area contributed by atoms with E-state index >= 15 is 0 Å². The molecule has 1 aliphatic carbocycles. The number of benzene rings is 6. The first-order valence-electron chi connectivity index (χ1n) is 32.1. The highest BCUT2D eigenvalue weighted by molar-refractivity contribution is 5.72. The largest absolute Gasteiger partial charge is 0.490 e. The van der Waals surface area contributed by atoms with Gasteiger partial charge in [-0.15, -0.1) is 0 Å². The average Bonchev–Trinajstić information content (AvgIpc) is 1.54. The smallest absolute Gasteiger partial charge is 0.344 e. The van der Waals surface area contributed by atoms with Gasteiger partial charge in [0.15, 0.2) is 13.2 Å². The van der Waals surface area contributed by atoms with Crippen LogP contribution in [0.5, 0.6) is 34.5 Å². The first kappa shape index (κ1) is 61.1. The number of aromatic amines is 4. The minimum Gasteiger partial charge on any atom is -0.490 e. The van der Waals surface area contributed by atoms with Crippen LogP contribution < -0.4 is 28.4 Å². The number of H-pyrrole nitrogens is 4. The van der Waals surface area contributed by atoms with Crippen LogP contribution in [0, 0.1) is 0 Å². The normalized spacial score (nSPS) is 18.1. The van der Waals surface area contributed by atoms with E-state index in [1.807, 2.05) is 72.8 Å². The molecule has 10 aromatic rings. The Balaban J connectivity index is 1.01. The van der Waals surface area contributed by atoms with Crippen molar-refractivity contribution in [2.24, 2.45) is 0 Å². The molecule has 5 aliphatic heterocycles. The maximum absolute atomic E-state index is 13.2. The lowest BCUT2D eigenvalue weighted by Gasteiger charge is -2.33. The third-order valence-corrected chi connectivity index (χ3v) is 19.1. The third-order valence-electron chi connectivity index (χ3n) is 19.1. The van der Waals surface area contributed by atoms with Crippen LogP contribution >= 0.6 is 0 Å². The van der Waals surface area contributed by atoms with Crippen LogP contribution in [0.1, 0.15) is 157 Å². The maximum Gasteiger partial charge on any atom is 0.344 e. The molecule has 0 amide bonds. The van der Waals surface area contributed by atoms with Crippen LogP contribution in [-0.2, 0) is 66.4 Å². The van der Waals surface area contributed by atoms with Gasteiger partial charge in [-0.3, -0.25) is 0 Å². The zero-order valence-electron chi connectivity index (χ0n) is 53.7. The summed E-state index contributed by atoms with van der Waals surface area (Å²) in [7, 11) is 0. The Morgan fingerprint density at radius 3 is 0.957 bits per heavy atom. The average molecular weight is 1230 g/mol. The van der Waals surface area contributed by atoms with E-state index in [9.17, 15) is 9.59 Å². The van der Waals surface area contributed by atoms with Gasteiger partial charge in [-0.05, 0) is 161 Å². The summed E-state index contributed by atoms with van der Waals surface area (Å²) in [4.78, 5) is 42.4. The highest BCUT2D eigenvalue weighted by Crippen LogP contribution is 2.49. The Labute approximate surface area is 537 Å². The van der Waals surface area contributed by atoms with Crippen molar-refractivity contribution >= 4 is 11.9 Å². The Kier molecular flexibility index (Phi) is 16.7. The first-order valence-corrected chi connectivity index (χ1v) is 32.1. The van der Waals surface area contributed by atoms with Crippen molar-refractivity contribution in [1.82, 2.24) is 19.9 Å². The highest BCUT2D eigenvalue weighted by atomic mass is 16.6. The molecule has 0 unspecified atom stereocenters. The van der Waals surface area contributed by atoms with Crippen molar-refractivity contribution in [2.75, 3.05) is 52.9 Å². The van der Waals surface area contributed by atoms with Gasteiger partial charge in [0.1, 0.15) is 60.9 Å². The molecule has 92 heavy (non-hydrogen) atoms. The van der Waals surface area contributed by atoms with E-state index in [4.69, 9.17) is 37.9 Å². The molecule has 20 bridgehead atoms. The Morgan fingerprint density at radius 2 is 0.641 bits per heavy atom. The van der Waals surface area contributed by atoms with Gasteiger partial charge in [0.05, 0.1) is 24.0 Å². The quantitative estimate of drug-likeness (QED) is 0.107. The van der Waals surface area contributed by atoms with E-state index in [2.05, 4.69) is 159 Å². The summed E-state index contributed by atoms with van der Waals surface area (Å²) < 4.78 is 52.4. The van der Waals surface area contributed by atoms with Crippen molar-refractivity contribution in [3.05, 3.63) is 271 Å². The van der Waals surface area contributed by atoms with E-state index in [-0.39, 0.29) is 52.9 Å². The number of hydrogen-bond donors (Lipinski definition) is 4. The number of hydrogen-bond acceptors (Lipinski definition) is 10. The molecule has 0 radical (unpaired) electrons. The zero-order chi connectivity index (χ0) is 63.8. The standard InChI is InChI=1S/C78H80N4O10/c1-9-85-69(83)47-91-73-53-23-17-24-54(73)44-50-20-16-22-52-46-56-26-18-25-55(74(56)92-48-70(84)86-10-2)45-51-21-15-19-49(43-53)71(51)89-41-39-87-59-29-13-11-27-57(59)77(7)65-35-31-61(79-65)75(3,4)62-32-36-66(80-62)78(8,58-28-12-14-30-60(58)88-40-42-90-72(50)52)68-38-34-64(82-68)76(5,6)63-33-37-67(77)81-63/h11-38,79-82H,9-10,39-48H2,1-8H3. The van der Waals surface area contributed by atoms with Crippen LogP contribution in [0.4, 0.5) is 0 Å². The van der Waals surface area contributed by atoms with E-state index in [1.165, 1.54) is 0 Å². The summed E-state index contributed by atoms with van der Waals surface area (Å²) in [6, 6.07) is 58.9. The summed E-state index contributed by atoms with van der Waals surface area (Å²) in [5.41, 5.74) is 14.4. The summed E-state index contributed by atoms with van der Waals surface area (Å²) in [5.74, 6) is 2.97. The fraction of sp³-hybridized carbons (Fsp3) is 0.308. The third kappa shape index (κ3) is 11.4. The molecular weight excluding hydrogens is 1150 g/mol. The van der Waals surface area contributed by atoms with Crippen LogP contribution in [-0.4, -0.2) is 84.7 Å². The van der Waals surface area contributed by atoms with Crippen LogP contribution in [0.15, 0.2) is 170 Å². The van der Waals surface area contributed by atoms with Gasteiger partial charge in [-0.2, -0.15) is 0 Å². The van der Waals surface area contributed by atoms with Crippen LogP contribution in [0.2, 0.25) is 0 Å². The summed E-state index contributed by atoms with van der Waals surface area (Å²) >= 11 is 0. The molecule has 0 atom stereocenters. The number of ether oxygens (including phenoxy) is 8. The highest BCUT2D eigenvalue weighted by Gasteiger charge is 2.43. The second-order valence-electron chi connectivity index (χ2n) is 25.5. The number of para-hydroxylation sites is 6. The molecule has 14 nitrogen and oxygen atoms in total. The molecule has 9 heterocycles. The van der Waals surface area contributed by atoms with Gasteiger partial charge < -0.3 is 57.8 Å². The minimum atomic E-state index is -0.792. The molecule has 14 heteroatoms. The van der Waals surface area contributed by atoms with Gasteiger partial charge in [-0.25, -0.2) is 9.59 Å². The lowest BCUT2D eigenvalue weighted by Crippen LogP contribution is -2.30. The number of carbonyl (C=O) groups excluding carboxylic acids is 2. The fourth-order valence-corrected chi connectivity index (χ4v) is 13.9. The summed E-state index contributed by atoms with van der Waals surface area (Å²) in [6.07, 6.45) is 1.52.